The number of phosphoric acid groups is 1. The van der Waals surface area contributed by atoms with Gasteiger partial charge in [-0.15, -0.1) is 0 Å². The first-order chi connectivity index (χ1) is 39.0. The van der Waals surface area contributed by atoms with Gasteiger partial charge in [0.15, 0.2) is 6.10 Å². The molecular weight excluding hydrogens is 1010 g/mol. The minimum atomic E-state index is -4.42. The van der Waals surface area contributed by atoms with Crippen molar-refractivity contribution >= 4 is 19.8 Å². The molecule has 0 aromatic rings. The molecule has 10 heteroatoms. The summed E-state index contributed by atoms with van der Waals surface area (Å²) in [6.45, 7) is 4.08. The minimum absolute atomic E-state index is 0.00699. The molecule has 0 saturated heterocycles. The van der Waals surface area contributed by atoms with Crippen molar-refractivity contribution in [1.82, 2.24) is 0 Å². The maximum Gasteiger partial charge on any atom is 0.472 e. The van der Waals surface area contributed by atoms with Crippen LogP contribution in [0.15, 0.2) is 194 Å². The van der Waals surface area contributed by atoms with Gasteiger partial charge < -0.3 is 18.9 Å². The van der Waals surface area contributed by atoms with E-state index in [-0.39, 0.29) is 26.1 Å². The lowest BCUT2D eigenvalue weighted by Crippen LogP contribution is -2.37. The smallest absolute Gasteiger partial charge is 0.462 e. The van der Waals surface area contributed by atoms with Gasteiger partial charge >= 0.3 is 19.8 Å². The molecule has 0 spiro atoms. The Kier molecular flexibility index (Phi) is 54.7. The van der Waals surface area contributed by atoms with E-state index in [1.54, 1.807) is 0 Å². The van der Waals surface area contributed by atoms with E-state index in [2.05, 4.69) is 208 Å². The summed E-state index contributed by atoms with van der Waals surface area (Å²) >= 11 is 0. The standard InChI is InChI=1S/C70H108NO8P/c1-6-8-10-12-14-16-18-20-22-24-25-26-27-28-29-30-31-32-33-34-35-36-37-38-39-40-41-42-43-44-45-47-49-51-53-55-57-59-61-63-70(73)79-68(67-78-80(74,75)77-65-64-71(3,4)5)66-76-69(72)62-60-58-56-54-52-50-48-46-23-21-19-17-15-13-11-9-7-2/h8-11,14-17,20-23,25-26,28-29,31-32,34-35,37-38,40-41,43-44,47-50,53,55,68H,6-7,12-13,18-19,24,27,30,33,36,39,42,45-46,51-52,54,56-67H2,1-5H3/p+1/b10-8-,11-9-,16-14-,17-15-,22-20-,23-21-,26-25-,29-28-,32-31-,35-34-,38-37-,41-40-,44-43-,49-47-,50-48-,55-53-. The van der Waals surface area contributed by atoms with Crippen molar-refractivity contribution in [3.8, 4) is 0 Å². The maximum absolute atomic E-state index is 12.8. The Balaban J connectivity index is 4.30. The van der Waals surface area contributed by atoms with E-state index in [9.17, 15) is 19.0 Å². The van der Waals surface area contributed by atoms with Crippen LogP contribution in [-0.2, 0) is 32.7 Å². The van der Waals surface area contributed by atoms with Crippen molar-refractivity contribution in [2.75, 3.05) is 47.5 Å². The average molecular weight is 1120 g/mol. The lowest BCUT2D eigenvalue weighted by molar-refractivity contribution is -0.870. The Labute approximate surface area is 488 Å². The first-order valence-corrected chi connectivity index (χ1v) is 31.7. The molecule has 2 unspecified atom stereocenters. The second-order valence-electron chi connectivity index (χ2n) is 20.3. The van der Waals surface area contributed by atoms with E-state index in [0.717, 1.165) is 141 Å². The molecule has 0 bridgehead atoms. The summed E-state index contributed by atoms with van der Waals surface area (Å²) < 4.78 is 34.4. The molecular formula is C70H109NO8P+. The van der Waals surface area contributed by atoms with Crippen molar-refractivity contribution in [3.05, 3.63) is 194 Å². The summed E-state index contributed by atoms with van der Waals surface area (Å²) in [5, 5.41) is 0. The molecule has 0 aromatic heterocycles. The van der Waals surface area contributed by atoms with Crippen LogP contribution < -0.4 is 0 Å². The molecule has 80 heavy (non-hydrogen) atoms. The van der Waals surface area contributed by atoms with Crippen molar-refractivity contribution in [3.63, 3.8) is 0 Å². The first kappa shape index (κ1) is 74.8. The van der Waals surface area contributed by atoms with E-state index in [1.165, 1.54) is 0 Å². The number of unbranched alkanes of at least 4 members (excludes halogenated alkanes) is 6. The molecule has 0 radical (unpaired) electrons. The fraction of sp³-hybridized carbons (Fsp3) is 0.514. The number of likely N-dealkylation sites (N-methyl/N-ethyl adjacent to an activating group) is 1. The molecule has 446 valence electrons. The van der Waals surface area contributed by atoms with Gasteiger partial charge in [0.25, 0.3) is 0 Å². The molecule has 0 aliphatic heterocycles. The van der Waals surface area contributed by atoms with E-state index >= 15 is 0 Å². The van der Waals surface area contributed by atoms with Gasteiger partial charge in [0.1, 0.15) is 19.8 Å². The first-order valence-electron chi connectivity index (χ1n) is 30.2. The van der Waals surface area contributed by atoms with Gasteiger partial charge in [-0.2, -0.15) is 0 Å². The second kappa shape index (κ2) is 58.5. The predicted molar refractivity (Wildman–Crippen MR) is 343 cm³/mol. The zero-order valence-electron chi connectivity index (χ0n) is 50.5. The SMILES string of the molecule is CC/C=C\C/C=C\C/C=C\C/C=C\C/C=C\C/C=C\C/C=C\C/C=C\C/C=C\C/C=C\C/C=C\C/C=C\CCCCC(=O)OC(COC(=O)CCCCCC/C=C\C/C=C\C/C=C\C/C=C\CC)COP(=O)(O)OCC[N+](C)(C)C. The van der Waals surface area contributed by atoms with Gasteiger partial charge in [-0.3, -0.25) is 18.6 Å². The number of phosphoric ester groups is 1. The highest BCUT2D eigenvalue weighted by Crippen LogP contribution is 2.43. The zero-order valence-corrected chi connectivity index (χ0v) is 51.4. The number of hydrogen-bond acceptors (Lipinski definition) is 7. The highest BCUT2D eigenvalue weighted by atomic mass is 31.2. The number of nitrogens with zero attached hydrogens (tertiary/aromatic N) is 1. The largest absolute Gasteiger partial charge is 0.472 e. The maximum atomic E-state index is 12.8. The molecule has 0 fully saturated rings. The Morgan fingerprint density at radius 1 is 0.388 bits per heavy atom. The van der Waals surface area contributed by atoms with E-state index < -0.39 is 32.5 Å². The van der Waals surface area contributed by atoms with Crippen LogP contribution >= 0.6 is 7.82 Å². The normalized spacial score (nSPS) is 14.6. The summed E-state index contributed by atoms with van der Waals surface area (Å²) in [6, 6.07) is 0. The zero-order chi connectivity index (χ0) is 58.4. The molecule has 1 N–H and O–H groups in total. The lowest BCUT2D eigenvalue weighted by Gasteiger charge is -2.24. The summed E-state index contributed by atoms with van der Waals surface area (Å²) in [5.74, 6) is -0.897. The second-order valence-corrected chi connectivity index (χ2v) is 21.7. The Bertz CT molecular complexity index is 2050. The van der Waals surface area contributed by atoms with Crippen LogP contribution in [0.25, 0.3) is 0 Å². The van der Waals surface area contributed by atoms with Gasteiger partial charge in [0, 0.05) is 12.8 Å². The third kappa shape index (κ3) is 62.1. The van der Waals surface area contributed by atoms with E-state index in [0.29, 0.717) is 23.9 Å². The van der Waals surface area contributed by atoms with Gasteiger partial charge in [0.2, 0.25) is 0 Å². The summed E-state index contributed by atoms with van der Waals surface area (Å²) in [6.07, 6.45) is 92.3. The van der Waals surface area contributed by atoms with Gasteiger partial charge in [-0.05, 0) is 141 Å². The summed E-state index contributed by atoms with van der Waals surface area (Å²) in [7, 11) is 1.40. The Hall–Kier alpha value is -5.15. The van der Waals surface area contributed by atoms with Crippen molar-refractivity contribution in [2.45, 2.75) is 187 Å². The summed E-state index contributed by atoms with van der Waals surface area (Å²) in [5.41, 5.74) is 0. The monoisotopic (exact) mass is 1120 g/mol. The number of ether oxygens (including phenoxy) is 2. The quantitative estimate of drug-likeness (QED) is 0.0211. The number of carbonyl (C=O) groups excluding carboxylic acids is 2. The molecule has 0 rings (SSSR count). The number of esters is 2. The third-order valence-electron chi connectivity index (χ3n) is 11.6. The number of quaternary nitrogens is 1. The van der Waals surface area contributed by atoms with E-state index in [1.807, 2.05) is 21.1 Å². The average Bonchev–Trinajstić information content (AvgIpc) is 3.42. The van der Waals surface area contributed by atoms with Crippen LogP contribution in [0.1, 0.15) is 181 Å². The fourth-order valence-electron chi connectivity index (χ4n) is 7.04. The number of hydrogen-bond donors (Lipinski definition) is 1. The molecule has 0 aliphatic carbocycles. The Morgan fingerprint density at radius 3 is 1.01 bits per heavy atom. The molecule has 9 nitrogen and oxygen atoms in total. The van der Waals surface area contributed by atoms with Crippen LogP contribution in [0.2, 0.25) is 0 Å². The minimum Gasteiger partial charge on any atom is -0.462 e. The molecule has 0 aromatic carbocycles. The fourth-order valence-corrected chi connectivity index (χ4v) is 7.79. The summed E-state index contributed by atoms with van der Waals surface area (Å²) in [4.78, 5) is 35.6. The Morgan fingerprint density at radius 2 is 0.675 bits per heavy atom. The van der Waals surface area contributed by atoms with Crippen LogP contribution in [0.3, 0.4) is 0 Å². The van der Waals surface area contributed by atoms with Gasteiger partial charge in [-0.1, -0.05) is 221 Å². The molecule has 0 amide bonds. The van der Waals surface area contributed by atoms with Crippen LogP contribution in [0.4, 0.5) is 0 Å². The van der Waals surface area contributed by atoms with Crippen LogP contribution in [-0.4, -0.2) is 74.9 Å². The molecule has 0 aliphatic rings. The number of carbonyl (C=O) groups is 2. The lowest BCUT2D eigenvalue weighted by atomic mass is 10.1. The molecule has 0 saturated carbocycles. The topological polar surface area (TPSA) is 108 Å². The molecule has 0 heterocycles. The highest BCUT2D eigenvalue weighted by Gasteiger charge is 2.27. The van der Waals surface area contributed by atoms with Crippen molar-refractivity contribution < 1.29 is 42.1 Å². The van der Waals surface area contributed by atoms with Gasteiger partial charge in [-0.25, -0.2) is 4.57 Å². The van der Waals surface area contributed by atoms with Crippen molar-refractivity contribution in [1.29, 1.82) is 0 Å². The number of allylic oxidation sites excluding steroid dienone is 32. The van der Waals surface area contributed by atoms with Crippen LogP contribution in [0.5, 0.6) is 0 Å². The number of rotatable bonds is 52. The third-order valence-corrected chi connectivity index (χ3v) is 12.6. The van der Waals surface area contributed by atoms with Gasteiger partial charge in [0.05, 0.1) is 27.7 Å². The van der Waals surface area contributed by atoms with Crippen LogP contribution in [0, 0.1) is 0 Å². The molecule has 2 atom stereocenters. The predicted octanol–water partition coefficient (Wildman–Crippen LogP) is 19.4. The highest BCUT2D eigenvalue weighted by molar-refractivity contribution is 7.47. The van der Waals surface area contributed by atoms with Crippen molar-refractivity contribution in [2.24, 2.45) is 0 Å². The van der Waals surface area contributed by atoms with E-state index in [4.69, 9.17) is 18.5 Å².